The number of aromatic nitrogens is 3. The van der Waals surface area contributed by atoms with E-state index in [0.717, 1.165) is 23.2 Å². The summed E-state index contributed by atoms with van der Waals surface area (Å²) in [5.41, 5.74) is 0.855. The third-order valence-corrected chi connectivity index (χ3v) is 6.04. The molecule has 0 radical (unpaired) electrons. The van der Waals surface area contributed by atoms with E-state index >= 15 is 0 Å². The summed E-state index contributed by atoms with van der Waals surface area (Å²) in [7, 11) is 0. The maximum Gasteiger partial charge on any atom is 0.270 e. The second kappa shape index (κ2) is 8.84. The smallest absolute Gasteiger partial charge is 0.270 e. The molecule has 1 aromatic carbocycles. The Hall–Kier alpha value is -1.93. The van der Waals surface area contributed by atoms with E-state index in [1.807, 2.05) is 46.5 Å². The van der Waals surface area contributed by atoms with Gasteiger partial charge < -0.3 is 4.57 Å². The Kier molecular flexibility index (Phi) is 6.49. The number of amides is 1. The van der Waals surface area contributed by atoms with Crippen LogP contribution in [0.4, 0.5) is 5.13 Å². The van der Waals surface area contributed by atoms with Crippen LogP contribution in [0.25, 0.3) is 10.2 Å². The lowest BCUT2D eigenvalue weighted by atomic mass is 10.3. The maximum absolute atomic E-state index is 13.0. The fourth-order valence-corrected chi connectivity index (χ4v) is 4.59. The predicted octanol–water partition coefficient (Wildman–Crippen LogP) is 5.37. The van der Waals surface area contributed by atoms with Crippen LogP contribution in [-0.4, -0.2) is 27.0 Å². The van der Waals surface area contributed by atoms with Crippen LogP contribution in [0, 0.1) is 0 Å². The fourth-order valence-electron chi connectivity index (χ4n) is 2.65. The molecule has 3 heterocycles. The van der Waals surface area contributed by atoms with Gasteiger partial charge in [-0.3, -0.25) is 9.69 Å². The molecule has 0 fully saturated rings. The Morgan fingerprint density at radius 3 is 2.93 bits per heavy atom. The number of carbonyl (C=O) groups is 1. The Morgan fingerprint density at radius 2 is 2.19 bits per heavy atom. The van der Waals surface area contributed by atoms with Gasteiger partial charge in [0, 0.05) is 30.5 Å². The highest BCUT2D eigenvalue weighted by Gasteiger charge is 2.21. The zero-order chi connectivity index (χ0) is 17.9. The molecular formula is C18H16Cl2N4OS2. The van der Waals surface area contributed by atoms with Gasteiger partial charge in [-0.1, -0.05) is 29.0 Å². The average Bonchev–Trinajstić information content (AvgIpc) is 3.38. The monoisotopic (exact) mass is 438 g/mol. The lowest BCUT2D eigenvalue weighted by Crippen LogP contribution is -2.31. The molecule has 4 rings (SSSR count). The van der Waals surface area contributed by atoms with Crippen LogP contribution in [0.5, 0.6) is 0 Å². The van der Waals surface area contributed by atoms with E-state index in [2.05, 4.69) is 9.97 Å². The van der Waals surface area contributed by atoms with Crippen LogP contribution in [0.2, 0.25) is 5.02 Å². The van der Waals surface area contributed by atoms with Gasteiger partial charge in [-0.25, -0.2) is 9.97 Å². The predicted molar refractivity (Wildman–Crippen MR) is 115 cm³/mol. The number of hydrogen-bond donors (Lipinski definition) is 0. The first-order chi connectivity index (χ1) is 12.7. The lowest BCUT2D eigenvalue weighted by molar-refractivity contribution is 0.0990. The summed E-state index contributed by atoms with van der Waals surface area (Å²) in [6, 6.07) is 9.33. The molecule has 0 atom stereocenters. The molecule has 1 amide bonds. The molecule has 3 aromatic heterocycles. The van der Waals surface area contributed by atoms with Crippen molar-refractivity contribution in [1.29, 1.82) is 0 Å². The summed E-state index contributed by atoms with van der Waals surface area (Å²) in [5.74, 6) is -0.0178. The Balaban J connectivity index is 0.00000210. The minimum Gasteiger partial charge on any atom is -0.337 e. The van der Waals surface area contributed by atoms with Crippen molar-refractivity contribution in [2.45, 2.75) is 13.0 Å². The Bertz CT molecular complexity index is 1020. The van der Waals surface area contributed by atoms with Gasteiger partial charge in [0.05, 0.1) is 21.4 Å². The van der Waals surface area contributed by atoms with Gasteiger partial charge in [0.15, 0.2) is 5.13 Å². The number of carbonyl (C=O) groups excluding carboxylic acids is 1. The van der Waals surface area contributed by atoms with E-state index in [-0.39, 0.29) is 18.3 Å². The number of benzene rings is 1. The second-order valence-corrected chi connectivity index (χ2v) is 8.09. The molecule has 0 aliphatic heterocycles. The number of hydrogen-bond acceptors (Lipinski definition) is 5. The van der Waals surface area contributed by atoms with Crippen LogP contribution in [0.15, 0.2) is 54.4 Å². The maximum atomic E-state index is 13.0. The fraction of sp³-hybridized carbons (Fsp3) is 0.167. The topological polar surface area (TPSA) is 51.0 Å². The van der Waals surface area contributed by atoms with Crippen molar-refractivity contribution in [2.75, 3.05) is 11.4 Å². The Morgan fingerprint density at radius 1 is 1.30 bits per heavy atom. The van der Waals surface area contributed by atoms with Gasteiger partial charge in [0.2, 0.25) is 0 Å². The molecule has 0 bridgehead atoms. The van der Waals surface area contributed by atoms with E-state index < -0.39 is 0 Å². The number of anilines is 1. The standard InChI is InChI=1S/C18H15ClN4OS2.ClH/c19-13-4-5-14-16(11-13)26-18(21-14)23(17(24)15-3-1-10-25-15)8-2-7-22-9-6-20-12-22;/h1,3-6,9-12H,2,7-8H2;1H. The van der Waals surface area contributed by atoms with Crippen molar-refractivity contribution >= 4 is 67.9 Å². The van der Waals surface area contributed by atoms with E-state index in [4.69, 9.17) is 11.6 Å². The summed E-state index contributed by atoms with van der Waals surface area (Å²) < 4.78 is 2.98. The number of rotatable bonds is 6. The van der Waals surface area contributed by atoms with Gasteiger partial charge in [-0.2, -0.15) is 0 Å². The van der Waals surface area contributed by atoms with Gasteiger partial charge in [0.25, 0.3) is 5.91 Å². The molecule has 0 N–H and O–H groups in total. The third kappa shape index (κ3) is 4.50. The molecule has 0 aliphatic rings. The molecular weight excluding hydrogens is 423 g/mol. The third-order valence-electron chi connectivity index (χ3n) is 3.90. The van der Waals surface area contributed by atoms with Crippen molar-refractivity contribution in [1.82, 2.24) is 14.5 Å². The summed E-state index contributed by atoms with van der Waals surface area (Å²) in [6.45, 7) is 1.38. The molecule has 4 aromatic rings. The van der Waals surface area contributed by atoms with Crippen LogP contribution >= 0.6 is 46.7 Å². The summed E-state index contributed by atoms with van der Waals surface area (Å²) in [4.78, 5) is 24.2. The lowest BCUT2D eigenvalue weighted by Gasteiger charge is -2.19. The van der Waals surface area contributed by atoms with Gasteiger partial charge in [0.1, 0.15) is 0 Å². The van der Waals surface area contributed by atoms with Crippen molar-refractivity contribution in [3.63, 3.8) is 0 Å². The number of fused-ring (bicyclic) bond motifs is 1. The summed E-state index contributed by atoms with van der Waals surface area (Å²) in [6.07, 6.45) is 6.27. The van der Waals surface area contributed by atoms with E-state index in [1.165, 1.54) is 22.7 Å². The molecule has 0 spiro atoms. The molecule has 0 saturated carbocycles. The average molecular weight is 439 g/mol. The SMILES string of the molecule is Cl.O=C(c1cccs1)N(CCCn1ccnc1)c1nc2ccc(Cl)cc2s1. The minimum absolute atomic E-state index is 0. The molecule has 0 saturated heterocycles. The zero-order valence-corrected chi connectivity index (χ0v) is 17.3. The molecule has 0 aliphatic carbocycles. The van der Waals surface area contributed by atoms with Gasteiger partial charge >= 0.3 is 0 Å². The summed E-state index contributed by atoms with van der Waals surface area (Å²) in [5, 5.41) is 3.28. The first-order valence-corrected chi connectivity index (χ1v) is 10.2. The molecule has 27 heavy (non-hydrogen) atoms. The second-order valence-electron chi connectivity index (χ2n) is 5.70. The minimum atomic E-state index is -0.0178. The highest BCUT2D eigenvalue weighted by molar-refractivity contribution is 7.22. The number of aryl methyl sites for hydroxylation is 1. The molecule has 5 nitrogen and oxygen atoms in total. The van der Waals surface area contributed by atoms with Crippen molar-refractivity contribution in [3.05, 3.63) is 64.3 Å². The number of thiophene rings is 1. The zero-order valence-electron chi connectivity index (χ0n) is 14.1. The normalized spacial score (nSPS) is 10.7. The van der Waals surface area contributed by atoms with Crippen LogP contribution < -0.4 is 4.90 Å². The number of nitrogens with zero attached hydrogens (tertiary/aromatic N) is 4. The van der Waals surface area contributed by atoms with E-state index in [1.54, 1.807) is 17.4 Å². The summed E-state index contributed by atoms with van der Waals surface area (Å²) >= 11 is 9.02. The van der Waals surface area contributed by atoms with Crippen molar-refractivity contribution < 1.29 is 4.79 Å². The molecule has 9 heteroatoms. The highest BCUT2D eigenvalue weighted by atomic mass is 35.5. The first-order valence-electron chi connectivity index (χ1n) is 8.08. The Labute approximate surface area is 175 Å². The largest absolute Gasteiger partial charge is 0.337 e. The first kappa shape index (κ1) is 19.8. The quantitative estimate of drug-likeness (QED) is 0.406. The van der Waals surface area contributed by atoms with Crippen molar-refractivity contribution in [2.24, 2.45) is 0 Å². The van der Waals surface area contributed by atoms with Gasteiger partial charge in [-0.05, 0) is 36.1 Å². The highest BCUT2D eigenvalue weighted by Crippen LogP contribution is 2.32. The van der Waals surface area contributed by atoms with Crippen LogP contribution in [0.1, 0.15) is 16.1 Å². The van der Waals surface area contributed by atoms with E-state index in [0.29, 0.717) is 21.6 Å². The van der Waals surface area contributed by atoms with Gasteiger partial charge in [-0.15, -0.1) is 23.7 Å². The molecule has 0 unspecified atom stereocenters. The van der Waals surface area contributed by atoms with Crippen LogP contribution in [0.3, 0.4) is 0 Å². The number of thiazole rings is 1. The number of imidazole rings is 1. The van der Waals surface area contributed by atoms with E-state index in [9.17, 15) is 4.79 Å². The molecule has 140 valence electrons. The van der Waals surface area contributed by atoms with Crippen LogP contribution in [-0.2, 0) is 6.54 Å². The van der Waals surface area contributed by atoms with Crippen molar-refractivity contribution in [3.8, 4) is 0 Å². The number of halogens is 2.